The van der Waals surface area contributed by atoms with Crippen molar-refractivity contribution >= 4 is 102 Å². The molecule has 17 heteroatoms. The van der Waals surface area contributed by atoms with Crippen LogP contribution in [0.3, 0.4) is 0 Å². The zero-order valence-corrected chi connectivity index (χ0v) is 61.6. The maximum Gasteiger partial charge on any atom is 0.224 e. The highest BCUT2D eigenvalue weighted by atomic mass is 35.5. The number of anilines is 1. The van der Waals surface area contributed by atoms with Crippen LogP contribution in [0, 0.1) is 85.4 Å². The summed E-state index contributed by atoms with van der Waals surface area (Å²) in [6.07, 6.45) is 24.0. The standard InChI is InChI=1S/2C28H30ClFN2O.C22H25ClFNO.C5H5ClN2.CH4/c2*1-17(25(33)10-18-4-7-26(29)32-16-18)19-12-27(2)14-20(15-28(27,3)13-19)22-8-9-31-24-6-5-21(30)11-23(22)24;1-13(20(23)26)14-9-21(2)11-15(12-22(21,3)10-14)17-6-7-25-19-5-4-16(24)8-18(17)19;6-5-2-1-4(7)3-8-5;/h2*4-9,11,16-17,19-20H,10,12-15H2,1-3H3;4-8,13-15H,9-12H2,1-3H3;1-3H,7H2;1H4/t2*17?,19?,20?,27-,28+;13?,14?,15?,21-,22+;;. The van der Waals surface area contributed by atoms with E-state index < -0.39 is 0 Å². The molecule has 6 saturated carbocycles. The van der Waals surface area contributed by atoms with E-state index in [1.165, 1.54) is 41.1 Å². The Hall–Kier alpha value is -6.90. The molecular formula is C84H94Cl4F3N7O3. The van der Waals surface area contributed by atoms with Gasteiger partial charge in [-0.05, 0) is 282 Å². The number of nitrogen functional groups attached to an aromatic ring is 1. The molecule has 15 rings (SSSR count). The molecule has 0 amide bonds. The lowest BCUT2D eigenvalue weighted by molar-refractivity contribution is -0.124. The van der Waals surface area contributed by atoms with Crippen LogP contribution in [0.5, 0.6) is 0 Å². The molecule has 0 spiro atoms. The first kappa shape index (κ1) is 75.3. The van der Waals surface area contributed by atoms with Crippen LogP contribution < -0.4 is 5.73 Å². The molecule has 0 bridgehead atoms. The number of nitrogens with zero attached hydrogens (tertiary/aromatic N) is 6. The van der Waals surface area contributed by atoms with Crippen molar-refractivity contribution in [3.05, 3.63) is 207 Å². The summed E-state index contributed by atoms with van der Waals surface area (Å²) in [7, 11) is 0. The number of halogens is 7. The van der Waals surface area contributed by atoms with Gasteiger partial charge in [0.25, 0.3) is 0 Å². The van der Waals surface area contributed by atoms with Crippen LogP contribution in [-0.4, -0.2) is 46.7 Å². The lowest BCUT2D eigenvalue weighted by Crippen LogP contribution is -2.25. The molecule has 0 aliphatic heterocycles. The molecule has 6 aliphatic rings. The van der Waals surface area contributed by atoms with Gasteiger partial charge in [0.05, 0.1) is 28.4 Å². The Morgan fingerprint density at radius 2 is 0.703 bits per heavy atom. The number of carbonyl (C=O) groups excluding carboxylic acids is 3. The summed E-state index contributed by atoms with van der Waals surface area (Å²) in [5.41, 5.74) is 15.0. The SMILES string of the molecule is C.CC(C(=O)Cc1ccc(Cl)nc1)C1C[C@]2(C)CC(c3ccnc4ccc(F)cc34)C[C@]2(C)C1.CC(C(=O)Cc1ccc(Cl)nc1)C1C[C@]2(C)CC(c3ccnc4ccc(F)cc34)C[C@]2(C)C1.CC(C(=O)Cl)C1C[C@]2(C)CC(c3ccnc4ccc(F)cc34)C[C@]2(C)C1.Nc1ccc(Cl)nc1. The van der Waals surface area contributed by atoms with E-state index in [1.807, 2.05) is 37.6 Å². The molecule has 101 heavy (non-hydrogen) atoms. The minimum Gasteiger partial charge on any atom is -0.397 e. The third kappa shape index (κ3) is 15.5. The van der Waals surface area contributed by atoms with Crippen molar-refractivity contribution in [2.75, 3.05) is 5.73 Å². The number of aromatic nitrogens is 6. The molecular weight excluding hydrogens is 1350 g/mol. The van der Waals surface area contributed by atoms with Crippen LogP contribution in [0.4, 0.5) is 18.9 Å². The third-order valence-corrected chi connectivity index (χ3v) is 27.0. The van der Waals surface area contributed by atoms with E-state index in [-0.39, 0.29) is 91.9 Å². The van der Waals surface area contributed by atoms with Crippen molar-refractivity contribution in [2.24, 2.45) is 68.0 Å². The number of pyridine rings is 6. The molecule has 9 unspecified atom stereocenters. The highest BCUT2D eigenvalue weighted by molar-refractivity contribution is 6.64. The minimum absolute atomic E-state index is 0. The highest BCUT2D eigenvalue weighted by Crippen LogP contribution is 2.72. The summed E-state index contributed by atoms with van der Waals surface area (Å²) in [6.45, 7) is 20.5. The number of benzene rings is 3. The summed E-state index contributed by atoms with van der Waals surface area (Å²) < 4.78 is 41.8. The first-order valence-corrected chi connectivity index (χ1v) is 36.8. The van der Waals surface area contributed by atoms with Crippen molar-refractivity contribution in [3.8, 4) is 0 Å². The molecule has 532 valence electrons. The molecule has 0 saturated heterocycles. The number of fused-ring (bicyclic) bond motifs is 6. The smallest absolute Gasteiger partial charge is 0.224 e. The molecule has 15 atom stereocenters. The topological polar surface area (TPSA) is 155 Å². The van der Waals surface area contributed by atoms with Crippen LogP contribution in [-0.2, 0) is 27.2 Å². The normalized spacial score (nSPS) is 29.2. The molecule has 9 aromatic rings. The van der Waals surface area contributed by atoms with E-state index in [9.17, 15) is 27.6 Å². The van der Waals surface area contributed by atoms with E-state index in [0.717, 1.165) is 121 Å². The maximum absolute atomic E-state index is 14.0. The minimum atomic E-state index is -0.214. The fourth-order valence-electron chi connectivity index (χ4n) is 19.7. The summed E-state index contributed by atoms with van der Waals surface area (Å²) in [5.74, 6) is 2.21. The van der Waals surface area contributed by atoms with Crippen molar-refractivity contribution in [1.29, 1.82) is 0 Å². The van der Waals surface area contributed by atoms with E-state index >= 15 is 0 Å². The number of rotatable bonds is 13. The number of hydrogen-bond donors (Lipinski definition) is 1. The number of ketones is 2. The molecule has 0 radical (unpaired) electrons. The second kappa shape index (κ2) is 29.7. The number of carbonyl (C=O) groups is 3. The van der Waals surface area contributed by atoms with Gasteiger partial charge in [0, 0.05) is 77.7 Å². The van der Waals surface area contributed by atoms with Gasteiger partial charge in [0.15, 0.2) is 0 Å². The first-order chi connectivity index (χ1) is 47.4. The number of hydrogen-bond acceptors (Lipinski definition) is 10. The van der Waals surface area contributed by atoms with Crippen LogP contribution >= 0.6 is 46.4 Å². The van der Waals surface area contributed by atoms with E-state index in [0.29, 0.717) is 69.5 Å². The van der Waals surface area contributed by atoms with Crippen molar-refractivity contribution < 1.29 is 27.6 Å². The Bertz CT molecular complexity index is 4260. The summed E-state index contributed by atoms with van der Waals surface area (Å²) >= 11 is 23.0. The molecule has 6 aliphatic carbocycles. The highest BCUT2D eigenvalue weighted by Gasteiger charge is 2.62. The molecule has 6 aromatic heterocycles. The van der Waals surface area contributed by atoms with Crippen molar-refractivity contribution in [3.63, 3.8) is 0 Å². The average Bonchev–Trinajstić information content (AvgIpc) is 1.58. The second-order valence-corrected chi connectivity index (χ2v) is 33.8. The quantitative estimate of drug-likeness (QED) is 0.0871. The van der Waals surface area contributed by atoms with Crippen LogP contribution in [0.15, 0.2) is 146 Å². The Balaban J connectivity index is 0.000000144. The summed E-state index contributed by atoms with van der Waals surface area (Å²) in [5, 5.41) is 3.96. The van der Waals surface area contributed by atoms with Crippen molar-refractivity contribution in [1.82, 2.24) is 29.9 Å². The lowest BCUT2D eigenvalue weighted by atomic mass is 9.71. The average molecular weight is 1450 g/mol. The third-order valence-electron chi connectivity index (χ3n) is 25.9. The second-order valence-electron chi connectivity index (χ2n) is 32.2. The number of nitrogens with two attached hydrogens (primary N) is 1. The Morgan fingerprint density at radius 1 is 0.416 bits per heavy atom. The van der Waals surface area contributed by atoms with Gasteiger partial charge in [-0.15, -0.1) is 0 Å². The Morgan fingerprint density at radius 3 is 0.960 bits per heavy atom. The predicted octanol–water partition coefficient (Wildman–Crippen LogP) is 22.4. The van der Waals surface area contributed by atoms with Gasteiger partial charge in [-0.1, -0.05) is 117 Å². The fourth-order valence-corrected chi connectivity index (χ4v) is 20.2. The van der Waals surface area contributed by atoms with Gasteiger partial charge in [0.2, 0.25) is 5.24 Å². The zero-order chi connectivity index (χ0) is 71.4. The first-order valence-electron chi connectivity index (χ1n) is 35.3. The van der Waals surface area contributed by atoms with Gasteiger partial charge >= 0.3 is 0 Å². The molecule has 2 N–H and O–H groups in total. The van der Waals surface area contributed by atoms with Crippen molar-refractivity contribution in [2.45, 2.75) is 177 Å². The molecule has 6 fully saturated rings. The van der Waals surface area contributed by atoms with Crippen LogP contribution in [0.2, 0.25) is 15.5 Å². The summed E-state index contributed by atoms with van der Waals surface area (Å²) in [6, 6.07) is 31.4. The summed E-state index contributed by atoms with van der Waals surface area (Å²) in [4.78, 5) is 63.0. The van der Waals surface area contributed by atoms with Crippen LogP contribution in [0.25, 0.3) is 32.7 Å². The largest absolute Gasteiger partial charge is 0.397 e. The Labute approximate surface area is 613 Å². The molecule has 6 heterocycles. The fraction of sp³-hybridized carbons (Fsp3) is 0.464. The zero-order valence-electron chi connectivity index (χ0n) is 58.6. The maximum atomic E-state index is 14.0. The predicted molar refractivity (Wildman–Crippen MR) is 403 cm³/mol. The monoisotopic (exact) mass is 1450 g/mol. The van der Waals surface area contributed by atoms with E-state index in [1.54, 1.807) is 73.1 Å². The molecule has 3 aromatic carbocycles. The lowest BCUT2D eigenvalue weighted by Gasteiger charge is -2.34. The van der Waals surface area contributed by atoms with E-state index in [4.69, 9.17) is 52.1 Å². The van der Waals surface area contributed by atoms with E-state index in [2.05, 4.69) is 103 Å². The van der Waals surface area contributed by atoms with Gasteiger partial charge in [-0.2, -0.15) is 0 Å². The Kier molecular flexibility index (Phi) is 22.1. The van der Waals surface area contributed by atoms with Gasteiger partial charge in [-0.25, -0.2) is 28.1 Å². The van der Waals surface area contributed by atoms with Gasteiger partial charge in [0.1, 0.15) is 44.5 Å². The van der Waals surface area contributed by atoms with Gasteiger partial charge < -0.3 is 5.73 Å². The van der Waals surface area contributed by atoms with Crippen LogP contribution in [0.1, 0.15) is 192 Å². The molecule has 10 nitrogen and oxygen atoms in total. The number of Topliss-reactive ketones (excluding diaryl/α,β-unsaturated/α-hetero) is 2. The van der Waals surface area contributed by atoms with Gasteiger partial charge in [-0.3, -0.25) is 29.3 Å².